The summed E-state index contributed by atoms with van der Waals surface area (Å²) in [6.45, 7) is 3.70. The Hall–Kier alpha value is -2.01. The number of hydrogen-bond acceptors (Lipinski definition) is 2. The van der Waals surface area contributed by atoms with E-state index in [4.69, 9.17) is 11.6 Å². The number of benzene rings is 1. The molecule has 0 aliphatic rings. The van der Waals surface area contributed by atoms with E-state index in [1.54, 1.807) is 11.6 Å². The number of para-hydroxylation sites is 1. The van der Waals surface area contributed by atoms with Crippen LogP contribution in [-0.4, -0.2) is 28.1 Å². The van der Waals surface area contributed by atoms with Gasteiger partial charge in [-0.1, -0.05) is 43.6 Å². The van der Waals surface area contributed by atoms with E-state index in [0.717, 1.165) is 10.9 Å². The first-order valence-corrected chi connectivity index (χ1v) is 8.00. The third-order valence-corrected chi connectivity index (χ3v) is 5.04. The van der Waals surface area contributed by atoms with Gasteiger partial charge in [-0.25, -0.2) is 0 Å². The molecule has 0 bridgehead atoms. The average molecular weight is 337 g/mol. The minimum Gasteiger partial charge on any atom is -0.481 e. The minimum absolute atomic E-state index is 0.0754. The molecule has 124 valence electrons. The first-order valence-electron chi connectivity index (χ1n) is 7.62. The van der Waals surface area contributed by atoms with E-state index >= 15 is 0 Å². The van der Waals surface area contributed by atoms with Crippen molar-refractivity contribution in [3.05, 3.63) is 35.0 Å². The van der Waals surface area contributed by atoms with Crippen LogP contribution in [0.1, 0.15) is 37.2 Å². The van der Waals surface area contributed by atoms with Gasteiger partial charge in [-0.3, -0.25) is 9.59 Å². The molecule has 23 heavy (non-hydrogen) atoms. The number of carboxylic acid groups (broad SMARTS) is 1. The van der Waals surface area contributed by atoms with E-state index in [1.165, 1.54) is 0 Å². The number of nitrogens with zero attached hydrogens (tertiary/aromatic N) is 1. The summed E-state index contributed by atoms with van der Waals surface area (Å²) in [4.78, 5) is 24.1. The molecule has 0 saturated carbocycles. The SMILES string of the molecule is CCC(CC)(CNC(=O)c1c(Cl)c2ccccc2n1C)C(=O)O. The van der Waals surface area contributed by atoms with Crippen LogP contribution in [-0.2, 0) is 11.8 Å². The maximum atomic E-state index is 12.5. The lowest BCUT2D eigenvalue weighted by molar-refractivity contribution is -0.149. The van der Waals surface area contributed by atoms with Gasteiger partial charge in [-0.05, 0) is 18.9 Å². The Kier molecular flexibility index (Phi) is 5.00. The molecular formula is C17H21ClN2O3. The van der Waals surface area contributed by atoms with E-state index in [0.29, 0.717) is 23.6 Å². The normalized spacial score (nSPS) is 11.7. The predicted octanol–water partition coefficient (Wildman–Crippen LogP) is 3.45. The topological polar surface area (TPSA) is 71.3 Å². The number of carbonyl (C=O) groups is 2. The molecule has 0 fully saturated rings. The number of rotatable bonds is 6. The summed E-state index contributed by atoms with van der Waals surface area (Å²) in [6, 6.07) is 7.48. The van der Waals surface area contributed by atoms with Gasteiger partial charge in [-0.15, -0.1) is 0 Å². The lowest BCUT2D eigenvalue weighted by Gasteiger charge is -2.26. The number of fused-ring (bicyclic) bond motifs is 1. The molecule has 2 rings (SSSR count). The zero-order valence-corrected chi connectivity index (χ0v) is 14.3. The number of aliphatic carboxylic acids is 1. The van der Waals surface area contributed by atoms with Crippen molar-refractivity contribution in [2.24, 2.45) is 12.5 Å². The van der Waals surface area contributed by atoms with Crippen molar-refractivity contribution in [3.63, 3.8) is 0 Å². The number of aromatic nitrogens is 1. The molecule has 0 atom stereocenters. The van der Waals surface area contributed by atoms with E-state index < -0.39 is 11.4 Å². The van der Waals surface area contributed by atoms with E-state index in [9.17, 15) is 14.7 Å². The Morgan fingerprint density at radius 2 is 1.87 bits per heavy atom. The highest BCUT2D eigenvalue weighted by atomic mass is 35.5. The first kappa shape index (κ1) is 17.3. The quantitative estimate of drug-likeness (QED) is 0.848. The molecule has 0 saturated heterocycles. The number of carboxylic acids is 1. The highest BCUT2D eigenvalue weighted by Crippen LogP contribution is 2.30. The minimum atomic E-state index is -0.952. The fourth-order valence-corrected chi connectivity index (χ4v) is 3.18. The zero-order chi connectivity index (χ0) is 17.2. The second kappa shape index (κ2) is 6.62. The number of halogens is 1. The highest BCUT2D eigenvalue weighted by molar-refractivity contribution is 6.38. The summed E-state index contributed by atoms with van der Waals surface area (Å²) in [5.74, 6) is -1.26. The van der Waals surface area contributed by atoms with Gasteiger partial charge in [0.05, 0.1) is 10.4 Å². The van der Waals surface area contributed by atoms with Crippen LogP contribution in [0, 0.1) is 5.41 Å². The van der Waals surface area contributed by atoms with Crippen molar-refractivity contribution >= 4 is 34.4 Å². The summed E-state index contributed by atoms with van der Waals surface area (Å²) < 4.78 is 1.73. The van der Waals surface area contributed by atoms with Crippen LogP contribution in [0.15, 0.2) is 24.3 Å². The lowest BCUT2D eigenvalue weighted by atomic mass is 9.82. The molecule has 2 aromatic rings. The van der Waals surface area contributed by atoms with E-state index in [-0.39, 0.29) is 12.5 Å². The predicted molar refractivity (Wildman–Crippen MR) is 90.9 cm³/mol. The van der Waals surface area contributed by atoms with Crippen molar-refractivity contribution in [2.75, 3.05) is 6.54 Å². The Bertz CT molecular complexity index is 709. The largest absolute Gasteiger partial charge is 0.481 e. The van der Waals surface area contributed by atoms with Gasteiger partial charge in [0.2, 0.25) is 0 Å². The van der Waals surface area contributed by atoms with Crippen molar-refractivity contribution in [3.8, 4) is 0 Å². The molecular weight excluding hydrogens is 316 g/mol. The fourth-order valence-electron chi connectivity index (χ4n) is 2.81. The molecule has 1 heterocycles. The zero-order valence-electron chi connectivity index (χ0n) is 13.5. The van der Waals surface area contributed by atoms with Gasteiger partial charge in [0, 0.05) is 24.5 Å². The highest BCUT2D eigenvalue weighted by Gasteiger charge is 2.35. The van der Waals surface area contributed by atoms with Gasteiger partial charge in [0.25, 0.3) is 5.91 Å². The van der Waals surface area contributed by atoms with Crippen molar-refractivity contribution in [1.82, 2.24) is 9.88 Å². The Balaban J connectivity index is 2.30. The Labute approximate surface area is 140 Å². The number of amides is 1. The lowest BCUT2D eigenvalue weighted by Crippen LogP contribution is -2.42. The molecule has 2 N–H and O–H groups in total. The van der Waals surface area contributed by atoms with Crippen LogP contribution >= 0.6 is 11.6 Å². The number of hydrogen-bond donors (Lipinski definition) is 2. The summed E-state index contributed by atoms with van der Waals surface area (Å²) in [5, 5.41) is 13.4. The van der Waals surface area contributed by atoms with E-state index in [2.05, 4.69) is 5.32 Å². The van der Waals surface area contributed by atoms with Gasteiger partial charge >= 0.3 is 5.97 Å². The number of aryl methyl sites for hydroxylation is 1. The number of nitrogens with one attached hydrogen (secondary N) is 1. The van der Waals surface area contributed by atoms with Crippen LogP contribution in [0.25, 0.3) is 10.9 Å². The first-order chi connectivity index (χ1) is 10.9. The molecule has 0 unspecified atom stereocenters. The summed E-state index contributed by atoms with van der Waals surface area (Å²) in [7, 11) is 1.77. The van der Waals surface area contributed by atoms with Gasteiger partial charge < -0.3 is 15.0 Å². The van der Waals surface area contributed by atoms with Crippen LogP contribution in [0.4, 0.5) is 0 Å². The fraction of sp³-hybridized carbons (Fsp3) is 0.412. The molecule has 6 heteroatoms. The second-order valence-corrected chi connectivity index (χ2v) is 6.09. The molecule has 0 aliphatic heterocycles. The maximum absolute atomic E-state index is 12.5. The van der Waals surface area contributed by atoms with Crippen molar-refractivity contribution < 1.29 is 14.7 Å². The van der Waals surface area contributed by atoms with Crippen molar-refractivity contribution in [2.45, 2.75) is 26.7 Å². The molecule has 0 radical (unpaired) electrons. The summed E-state index contributed by atoms with van der Waals surface area (Å²) in [6.07, 6.45) is 0.893. The third-order valence-electron chi connectivity index (χ3n) is 4.65. The molecule has 1 aromatic carbocycles. The standard InChI is InChI=1S/C17H21ClN2O3/c1-4-17(5-2,16(22)23)10-19-15(21)14-13(18)11-8-6-7-9-12(11)20(14)3/h6-9H,4-5,10H2,1-3H3,(H,19,21)(H,22,23). The monoisotopic (exact) mass is 336 g/mol. The van der Waals surface area contributed by atoms with Gasteiger partial charge in [0.15, 0.2) is 0 Å². The molecule has 0 aliphatic carbocycles. The maximum Gasteiger partial charge on any atom is 0.311 e. The molecule has 0 spiro atoms. The molecule has 1 amide bonds. The third kappa shape index (κ3) is 2.93. The van der Waals surface area contributed by atoms with Crippen molar-refractivity contribution in [1.29, 1.82) is 0 Å². The van der Waals surface area contributed by atoms with Crippen LogP contribution in [0.3, 0.4) is 0 Å². The van der Waals surface area contributed by atoms with Gasteiger partial charge in [0.1, 0.15) is 5.69 Å². The summed E-state index contributed by atoms with van der Waals surface area (Å²) in [5.41, 5.74) is 0.254. The van der Waals surface area contributed by atoms with Crippen LogP contribution < -0.4 is 5.32 Å². The Morgan fingerprint density at radius 1 is 1.26 bits per heavy atom. The van der Waals surface area contributed by atoms with E-state index in [1.807, 2.05) is 38.1 Å². The number of carbonyl (C=O) groups excluding carboxylic acids is 1. The van der Waals surface area contributed by atoms with Crippen LogP contribution in [0.2, 0.25) is 5.02 Å². The summed E-state index contributed by atoms with van der Waals surface area (Å²) >= 11 is 6.34. The molecule has 1 aromatic heterocycles. The molecule has 5 nitrogen and oxygen atoms in total. The van der Waals surface area contributed by atoms with Gasteiger partial charge in [-0.2, -0.15) is 0 Å². The smallest absolute Gasteiger partial charge is 0.311 e. The average Bonchev–Trinajstić information content (AvgIpc) is 2.80. The van der Waals surface area contributed by atoms with Crippen LogP contribution in [0.5, 0.6) is 0 Å². The Morgan fingerprint density at radius 3 is 2.39 bits per heavy atom. The second-order valence-electron chi connectivity index (χ2n) is 5.71.